The summed E-state index contributed by atoms with van der Waals surface area (Å²) in [6, 6.07) is 60.7. The van der Waals surface area contributed by atoms with Crippen LogP contribution in [0.4, 0.5) is 5.69 Å². The molecule has 0 aliphatic carbocycles. The molecule has 4 aliphatic heterocycles. The number of aromatic nitrogens is 4. The third-order valence-electron chi connectivity index (χ3n) is 26.8. The number of anilines is 1. The van der Waals surface area contributed by atoms with Crippen molar-refractivity contribution in [2.45, 2.75) is 132 Å². The first-order valence-electron chi connectivity index (χ1n) is 47.6. The summed E-state index contributed by atoms with van der Waals surface area (Å²) in [4.78, 5) is 64.6. The van der Waals surface area contributed by atoms with E-state index in [0.717, 1.165) is 310 Å². The molecule has 4 aromatic heterocycles. The second kappa shape index (κ2) is 49.4. The van der Waals surface area contributed by atoms with E-state index < -0.39 is 0 Å². The van der Waals surface area contributed by atoms with E-state index in [-0.39, 0.29) is 23.1 Å². The highest BCUT2D eigenvalue weighted by atomic mass is 35.5. The number of hydrogen-bond acceptors (Lipinski definition) is 15. The number of rotatable bonds is 36. The van der Waals surface area contributed by atoms with Crippen LogP contribution >= 0.6 is 69.6 Å². The van der Waals surface area contributed by atoms with Gasteiger partial charge in [-0.25, -0.2) is 0 Å². The largest absolute Gasteiger partial charge is 0.495 e. The van der Waals surface area contributed by atoms with Crippen LogP contribution in [0.25, 0.3) is 43.6 Å². The van der Waals surface area contributed by atoms with Crippen molar-refractivity contribution < 1.29 is 42.9 Å². The fraction of sp³-hybridized carbons (Fsp3) is 0.400. The number of piperazine rings is 2. The summed E-state index contributed by atoms with van der Waals surface area (Å²) in [5.41, 5.74) is 11.7. The highest BCUT2D eigenvalue weighted by Crippen LogP contribution is 2.38. The Bertz CT molecular complexity index is 6100. The molecule has 0 saturated carbocycles. The van der Waals surface area contributed by atoms with E-state index in [1.54, 1.807) is 42.1 Å². The average molecular weight is 1950 g/mol. The van der Waals surface area contributed by atoms with Gasteiger partial charge in [0, 0.05) is 187 Å². The number of halogens is 6. The minimum atomic E-state index is 0.0767. The molecule has 4 fully saturated rings. The molecule has 13 aromatic rings. The van der Waals surface area contributed by atoms with Gasteiger partial charge in [-0.15, -0.1) is 0 Å². The normalized spacial score (nSPS) is 15.2. The molecule has 25 heteroatoms. The molecule has 17 rings (SSSR count). The van der Waals surface area contributed by atoms with E-state index in [0.29, 0.717) is 33.3 Å². The van der Waals surface area contributed by atoms with Crippen molar-refractivity contribution in [2.75, 3.05) is 144 Å². The summed E-state index contributed by atoms with van der Waals surface area (Å²) < 4.78 is 37.5. The number of likely N-dealkylation sites (tertiary alicyclic amines) is 2. The van der Waals surface area contributed by atoms with Crippen molar-refractivity contribution in [1.29, 1.82) is 0 Å². The van der Waals surface area contributed by atoms with Gasteiger partial charge in [-0.05, 0) is 257 Å². The van der Waals surface area contributed by atoms with Crippen LogP contribution < -0.4 is 28.6 Å². The highest BCUT2D eigenvalue weighted by Gasteiger charge is 2.28. The molecular formula is C110H128Cl6N10O9. The average Bonchev–Trinajstić information content (AvgIpc) is 1.64. The van der Waals surface area contributed by atoms with E-state index in [2.05, 4.69) is 73.6 Å². The predicted molar refractivity (Wildman–Crippen MR) is 554 cm³/mol. The van der Waals surface area contributed by atoms with E-state index >= 15 is 0 Å². The van der Waals surface area contributed by atoms with Gasteiger partial charge in [0.25, 0.3) is 0 Å². The molecule has 0 bridgehead atoms. The number of fused-ring (bicyclic) bond motifs is 4. The molecule has 8 heterocycles. The van der Waals surface area contributed by atoms with Gasteiger partial charge in [-0.2, -0.15) is 0 Å². The zero-order valence-electron chi connectivity index (χ0n) is 79.2. The Balaban J connectivity index is 0.000000145. The SMILES string of the molecule is CC(=O)c1cn(CCCN2CCC(CCOc3ccc(Cl)cc3)CC2)c2c(C)cccc12.COc1cccc2c(C(=O)Cc3ccccc3)cn(CCCN3CCC(CCOc4ccc(Cl)cc4)CC3)c12.COc1cccc2c(C(C)=O)cn(CC(C)CN3CCN(Cc4ccc(Cl)cc4Cl)CC3)c12.COc1cccc2c(C(C)=O)cn(CCCN3CCN(c4cccc(Cl)c4Cl)CC3)c12. The number of carbonyl (C=O) groups is 4. The molecule has 9 aromatic carbocycles. The zero-order valence-corrected chi connectivity index (χ0v) is 83.7. The van der Waals surface area contributed by atoms with Gasteiger partial charge >= 0.3 is 0 Å². The van der Waals surface area contributed by atoms with Gasteiger partial charge in [0.2, 0.25) is 0 Å². The summed E-state index contributed by atoms with van der Waals surface area (Å²) in [7, 11) is 5.05. The molecular weight excluding hydrogens is 1820 g/mol. The predicted octanol–water partition coefficient (Wildman–Crippen LogP) is 24.7. The fourth-order valence-corrected chi connectivity index (χ4v) is 20.7. The number of nitrogens with zero attached hydrogens (tertiary/aromatic N) is 10. The van der Waals surface area contributed by atoms with Crippen molar-refractivity contribution in [3.8, 4) is 28.7 Å². The topological polar surface area (TPSA) is 154 Å². The van der Waals surface area contributed by atoms with E-state index in [9.17, 15) is 19.2 Å². The van der Waals surface area contributed by atoms with Crippen molar-refractivity contribution in [1.82, 2.24) is 42.8 Å². The van der Waals surface area contributed by atoms with Gasteiger partial charge in [-0.1, -0.05) is 174 Å². The van der Waals surface area contributed by atoms with E-state index in [4.69, 9.17) is 93.3 Å². The summed E-state index contributed by atoms with van der Waals surface area (Å²) in [6.07, 6.45) is 18.7. The number of ketones is 4. The van der Waals surface area contributed by atoms with Crippen molar-refractivity contribution in [2.24, 2.45) is 17.8 Å². The molecule has 135 heavy (non-hydrogen) atoms. The second-order valence-electron chi connectivity index (χ2n) is 36.3. The second-order valence-corrected chi connectivity index (χ2v) is 38.8. The monoisotopic (exact) mass is 1940 g/mol. The van der Waals surface area contributed by atoms with Crippen LogP contribution in [0.5, 0.6) is 28.7 Å². The molecule has 0 spiro atoms. The van der Waals surface area contributed by atoms with Gasteiger partial charge in [0.1, 0.15) is 28.7 Å². The Morgan fingerprint density at radius 2 is 0.793 bits per heavy atom. The molecule has 714 valence electrons. The number of carbonyl (C=O) groups excluding carboxylic acids is 4. The first-order chi connectivity index (χ1) is 65.5. The first kappa shape index (κ1) is 101. The number of hydrogen-bond donors (Lipinski definition) is 0. The summed E-state index contributed by atoms with van der Waals surface area (Å²) >= 11 is 36.8. The number of Topliss-reactive ketones (excluding diaryl/α,β-unsaturated/α-hetero) is 4. The molecule has 1 unspecified atom stereocenters. The molecule has 0 N–H and O–H groups in total. The number of piperidine rings is 2. The molecule has 4 aliphatic rings. The number of para-hydroxylation sites is 4. The molecule has 0 radical (unpaired) electrons. The number of benzene rings is 9. The smallest absolute Gasteiger partial charge is 0.169 e. The van der Waals surface area contributed by atoms with Crippen LogP contribution in [0.1, 0.15) is 144 Å². The standard InChI is InChI=1S/C33H37ClN2O3.C27H33ClN2O2.C26H31Cl2N3O2.C24H27Cl2N3O2/c1-38-32-10-5-9-29-30(31(37)23-26-7-3-2-4-8-26)24-36(33(29)32)19-6-18-35-20-15-25(16-21-35)17-22-39-28-13-11-27(34)12-14-28;1-20-5-3-6-25-26(21(2)31)19-30(27(20)25)15-4-14-29-16-11-22(12-17-29)13-18-32-24-9-7-23(28)8-10-24;1-18(15-31-17-23(19(2)32)22-5-4-6-25(33-3)26(22)31)14-29-9-11-30(12-10-29)16-20-7-8-21(27)13-24(20)28;1-17(30)19-16-29(24-18(19)6-3-9-22(24)31-2)11-5-10-27-12-14-28(15-13-27)21-8-4-7-20(25)23(21)26/h2-5,7-14,24-25H,6,15-23H2,1H3;3,5-10,19,22H,4,11-18H2,1-2H3;4-8,13,17-18H,9-12,14-16H2,1-3H3;3-4,6-9,16H,5,10-15H2,1-2H3. The summed E-state index contributed by atoms with van der Waals surface area (Å²) in [5.74, 6) is 6.53. The zero-order chi connectivity index (χ0) is 95.0. The number of ether oxygens (including phenoxy) is 5. The van der Waals surface area contributed by atoms with Crippen LogP contribution in [-0.4, -0.2) is 205 Å². The Morgan fingerprint density at radius 3 is 1.27 bits per heavy atom. The van der Waals surface area contributed by atoms with Crippen LogP contribution in [-0.2, 0) is 39.1 Å². The fourth-order valence-electron chi connectivity index (χ4n) is 19.6. The van der Waals surface area contributed by atoms with Gasteiger partial charge < -0.3 is 61.6 Å². The number of aryl methyl sites for hydroxylation is 4. The lowest BCUT2D eigenvalue weighted by Gasteiger charge is -2.36. The maximum Gasteiger partial charge on any atom is 0.169 e. The highest BCUT2D eigenvalue weighted by molar-refractivity contribution is 6.43. The lowest BCUT2D eigenvalue weighted by Crippen LogP contribution is -2.47. The summed E-state index contributed by atoms with van der Waals surface area (Å²) in [6.45, 7) is 31.8. The Kier molecular flexibility index (Phi) is 37.0. The van der Waals surface area contributed by atoms with Crippen LogP contribution in [0.2, 0.25) is 30.1 Å². The van der Waals surface area contributed by atoms with Crippen LogP contribution in [0, 0.1) is 24.7 Å². The Labute approximate surface area is 825 Å². The molecule has 4 saturated heterocycles. The van der Waals surface area contributed by atoms with Crippen molar-refractivity contribution in [3.63, 3.8) is 0 Å². The number of methoxy groups -OCH3 is 3. The maximum atomic E-state index is 13.3. The van der Waals surface area contributed by atoms with Crippen molar-refractivity contribution in [3.05, 3.63) is 282 Å². The molecule has 1 atom stereocenters. The minimum Gasteiger partial charge on any atom is -0.495 e. The third kappa shape index (κ3) is 27.2. The minimum absolute atomic E-state index is 0.0767. The lowest BCUT2D eigenvalue weighted by molar-refractivity contribution is 0.0989. The van der Waals surface area contributed by atoms with Gasteiger partial charge in [-0.3, -0.25) is 29.0 Å². The quantitative estimate of drug-likeness (QED) is 0.0342. The van der Waals surface area contributed by atoms with E-state index in [1.165, 1.54) is 36.8 Å². The summed E-state index contributed by atoms with van der Waals surface area (Å²) in [5, 5.41) is 8.08. The van der Waals surface area contributed by atoms with Gasteiger partial charge in [0.05, 0.1) is 72.3 Å². The molecule has 0 amide bonds. The van der Waals surface area contributed by atoms with E-state index in [1.807, 2.05) is 201 Å². The lowest BCUT2D eigenvalue weighted by atomic mass is 9.94. The first-order valence-corrected chi connectivity index (χ1v) is 49.9. The Morgan fingerprint density at radius 1 is 0.385 bits per heavy atom. The van der Waals surface area contributed by atoms with Crippen molar-refractivity contribution >= 4 is 142 Å². The third-order valence-corrected chi connectivity index (χ3v) is 28.7. The Hall–Kier alpha value is -9.84. The van der Waals surface area contributed by atoms with Crippen LogP contribution in [0.15, 0.2) is 213 Å². The molecule has 19 nitrogen and oxygen atoms in total. The maximum absolute atomic E-state index is 13.3. The van der Waals surface area contributed by atoms with Crippen LogP contribution in [0.3, 0.4) is 0 Å². The van der Waals surface area contributed by atoms with Gasteiger partial charge in [0.15, 0.2) is 23.1 Å².